The molecule has 2 amide bonds. The van der Waals surface area contributed by atoms with Gasteiger partial charge < -0.3 is 24.5 Å². The summed E-state index contributed by atoms with van der Waals surface area (Å²) >= 11 is 0. The van der Waals surface area contributed by atoms with Gasteiger partial charge in [0, 0.05) is 23.6 Å². The third kappa shape index (κ3) is 2.83. The second-order valence-corrected chi connectivity index (χ2v) is 5.73. The Morgan fingerprint density at radius 2 is 1.85 bits per heavy atom. The number of hydrogen-bond donors (Lipinski definition) is 2. The number of furan rings is 1. The highest BCUT2D eigenvalue weighted by Crippen LogP contribution is 2.35. The van der Waals surface area contributed by atoms with Crippen molar-refractivity contribution in [2.45, 2.75) is 13.3 Å². The smallest absolute Gasteiger partial charge is 0.293 e. The Morgan fingerprint density at radius 1 is 1.04 bits per heavy atom. The van der Waals surface area contributed by atoms with Crippen LogP contribution in [0.3, 0.4) is 0 Å². The fourth-order valence-corrected chi connectivity index (χ4v) is 2.72. The third-order valence-corrected chi connectivity index (χ3v) is 4.02. The maximum atomic E-state index is 12.7. The van der Waals surface area contributed by atoms with E-state index < -0.39 is 5.91 Å². The molecule has 3 aromatic rings. The molecule has 7 heteroatoms. The van der Waals surface area contributed by atoms with Gasteiger partial charge in [-0.15, -0.1) is 0 Å². The number of fused-ring (bicyclic) bond motifs is 2. The van der Waals surface area contributed by atoms with Crippen molar-refractivity contribution in [2.24, 2.45) is 0 Å². The topological polar surface area (TPSA) is 89.8 Å². The Bertz CT molecular complexity index is 1010. The van der Waals surface area contributed by atoms with Crippen molar-refractivity contribution in [1.82, 2.24) is 0 Å². The van der Waals surface area contributed by atoms with Crippen molar-refractivity contribution in [3.63, 3.8) is 0 Å². The average molecular weight is 352 g/mol. The summed E-state index contributed by atoms with van der Waals surface area (Å²) in [6, 6.07) is 12.3. The minimum Gasteiger partial charge on any atom is -0.454 e. The lowest BCUT2D eigenvalue weighted by atomic mass is 10.2. The summed E-state index contributed by atoms with van der Waals surface area (Å²) in [6.45, 7) is 1.90. The number of carbonyl (C=O) groups is 2. The Morgan fingerprint density at radius 3 is 2.69 bits per heavy atom. The molecule has 1 aromatic heterocycles. The average Bonchev–Trinajstić information content (AvgIpc) is 3.26. The van der Waals surface area contributed by atoms with Crippen LogP contribution in [0.2, 0.25) is 0 Å². The van der Waals surface area contributed by atoms with Crippen LogP contribution >= 0.6 is 0 Å². The largest absolute Gasteiger partial charge is 0.454 e. The van der Waals surface area contributed by atoms with Gasteiger partial charge in [-0.05, 0) is 24.3 Å². The fourth-order valence-electron chi connectivity index (χ4n) is 2.72. The number of carbonyl (C=O) groups excluding carboxylic acids is 2. The van der Waals surface area contributed by atoms with Gasteiger partial charge in [0.15, 0.2) is 11.5 Å². The van der Waals surface area contributed by atoms with Gasteiger partial charge in [0.2, 0.25) is 18.5 Å². The van der Waals surface area contributed by atoms with E-state index in [9.17, 15) is 9.59 Å². The van der Waals surface area contributed by atoms with Gasteiger partial charge in [-0.25, -0.2) is 0 Å². The highest BCUT2D eigenvalue weighted by atomic mass is 16.7. The zero-order valence-electron chi connectivity index (χ0n) is 14.0. The van der Waals surface area contributed by atoms with E-state index in [2.05, 4.69) is 10.6 Å². The molecule has 7 nitrogen and oxygen atoms in total. The number of anilines is 2. The van der Waals surface area contributed by atoms with Crippen molar-refractivity contribution in [2.75, 3.05) is 17.4 Å². The van der Waals surface area contributed by atoms with Crippen LogP contribution in [0, 0.1) is 0 Å². The second-order valence-electron chi connectivity index (χ2n) is 5.73. The molecule has 26 heavy (non-hydrogen) atoms. The number of ether oxygens (including phenoxy) is 2. The normalized spacial score (nSPS) is 12.2. The molecular formula is C19H16N2O5. The number of hydrogen-bond acceptors (Lipinski definition) is 5. The molecule has 0 aliphatic carbocycles. The SMILES string of the molecule is CCC(=O)Nc1c(C(=O)Nc2ccc3c(c2)OCO3)oc2ccccc12. The lowest BCUT2D eigenvalue weighted by Crippen LogP contribution is -2.16. The third-order valence-electron chi connectivity index (χ3n) is 4.02. The molecule has 0 spiro atoms. The predicted molar refractivity (Wildman–Crippen MR) is 95.7 cm³/mol. The van der Waals surface area contributed by atoms with Crippen LogP contribution in [-0.4, -0.2) is 18.6 Å². The van der Waals surface area contributed by atoms with Crippen LogP contribution in [0.5, 0.6) is 11.5 Å². The minimum atomic E-state index is -0.466. The van der Waals surface area contributed by atoms with E-state index in [1.165, 1.54) is 0 Å². The zero-order valence-corrected chi connectivity index (χ0v) is 14.0. The van der Waals surface area contributed by atoms with Crippen molar-refractivity contribution >= 4 is 34.2 Å². The molecule has 2 aromatic carbocycles. The molecule has 2 heterocycles. The molecule has 0 unspecified atom stereocenters. The van der Waals surface area contributed by atoms with Crippen LogP contribution in [0.1, 0.15) is 23.9 Å². The first-order valence-corrected chi connectivity index (χ1v) is 8.18. The molecule has 1 aliphatic rings. The van der Waals surface area contributed by atoms with Crippen LogP contribution in [0.25, 0.3) is 11.0 Å². The number of benzene rings is 2. The summed E-state index contributed by atoms with van der Waals surface area (Å²) in [5, 5.41) is 6.19. The molecule has 1 aliphatic heterocycles. The summed E-state index contributed by atoms with van der Waals surface area (Å²) in [6.07, 6.45) is 0.294. The number of amides is 2. The molecule has 0 radical (unpaired) electrons. The van der Waals surface area contributed by atoms with Gasteiger partial charge in [0.05, 0.1) is 0 Å². The second kappa shape index (κ2) is 6.44. The van der Waals surface area contributed by atoms with E-state index >= 15 is 0 Å². The molecule has 4 rings (SSSR count). The first-order valence-electron chi connectivity index (χ1n) is 8.18. The van der Waals surface area contributed by atoms with E-state index in [-0.39, 0.29) is 18.5 Å². The molecule has 132 valence electrons. The van der Waals surface area contributed by atoms with Crippen LogP contribution in [0.4, 0.5) is 11.4 Å². The van der Waals surface area contributed by atoms with Gasteiger partial charge in [-0.3, -0.25) is 9.59 Å². The van der Waals surface area contributed by atoms with E-state index in [1.807, 2.05) is 6.07 Å². The highest BCUT2D eigenvalue weighted by molar-refractivity contribution is 6.14. The maximum Gasteiger partial charge on any atom is 0.293 e. The summed E-state index contributed by atoms with van der Waals surface area (Å²) in [7, 11) is 0. The molecule has 0 bridgehead atoms. The first kappa shape index (κ1) is 16.0. The lowest BCUT2D eigenvalue weighted by Gasteiger charge is -2.07. The van der Waals surface area contributed by atoms with Gasteiger partial charge in [0.25, 0.3) is 5.91 Å². The predicted octanol–water partition coefficient (Wildman–Crippen LogP) is 3.76. The lowest BCUT2D eigenvalue weighted by molar-refractivity contribution is -0.115. The van der Waals surface area contributed by atoms with Crippen molar-refractivity contribution in [3.05, 3.63) is 48.2 Å². The summed E-state index contributed by atoms with van der Waals surface area (Å²) in [5.41, 5.74) is 1.42. The van der Waals surface area contributed by atoms with E-state index in [0.717, 1.165) is 0 Å². The van der Waals surface area contributed by atoms with E-state index in [0.29, 0.717) is 40.3 Å². The van der Waals surface area contributed by atoms with Crippen LogP contribution in [0.15, 0.2) is 46.9 Å². The molecule has 0 saturated heterocycles. The van der Waals surface area contributed by atoms with Gasteiger partial charge in [-0.2, -0.15) is 0 Å². The summed E-state index contributed by atoms with van der Waals surface area (Å²) in [5.74, 6) is 0.570. The van der Waals surface area contributed by atoms with Gasteiger partial charge >= 0.3 is 0 Å². The molecule has 2 N–H and O–H groups in total. The number of nitrogens with one attached hydrogen (secondary N) is 2. The standard InChI is InChI=1S/C19H16N2O5/c1-2-16(22)21-17-12-5-3-4-6-13(12)26-18(17)19(23)20-11-7-8-14-15(9-11)25-10-24-14/h3-9H,2,10H2,1H3,(H,20,23)(H,21,22). The molecule has 0 atom stereocenters. The minimum absolute atomic E-state index is 0.0469. The maximum absolute atomic E-state index is 12.7. The van der Waals surface area contributed by atoms with Gasteiger partial charge in [-0.1, -0.05) is 19.1 Å². The van der Waals surface area contributed by atoms with Crippen molar-refractivity contribution in [3.8, 4) is 11.5 Å². The van der Waals surface area contributed by atoms with Crippen molar-refractivity contribution in [1.29, 1.82) is 0 Å². The Labute approximate surface area is 148 Å². The van der Waals surface area contributed by atoms with Crippen molar-refractivity contribution < 1.29 is 23.5 Å². The summed E-state index contributed by atoms with van der Waals surface area (Å²) < 4.78 is 16.3. The highest BCUT2D eigenvalue weighted by Gasteiger charge is 2.23. The first-order chi connectivity index (χ1) is 12.7. The van der Waals surface area contributed by atoms with Crippen LogP contribution < -0.4 is 20.1 Å². The summed E-state index contributed by atoms with van der Waals surface area (Å²) in [4.78, 5) is 24.6. The Balaban J connectivity index is 1.67. The quantitative estimate of drug-likeness (QED) is 0.746. The van der Waals surface area contributed by atoms with Crippen LogP contribution in [-0.2, 0) is 4.79 Å². The monoisotopic (exact) mass is 352 g/mol. The number of para-hydroxylation sites is 1. The van der Waals surface area contributed by atoms with Gasteiger partial charge in [0.1, 0.15) is 11.3 Å². The zero-order chi connectivity index (χ0) is 18.1. The Hall–Kier alpha value is -3.48. The molecular weight excluding hydrogens is 336 g/mol. The van der Waals surface area contributed by atoms with E-state index in [4.69, 9.17) is 13.9 Å². The molecule has 0 saturated carbocycles. The Kier molecular flexibility index (Phi) is 3.96. The fraction of sp³-hybridized carbons (Fsp3) is 0.158. The number of rotatable bonds is 4. The molecule has 0 fully saturated rings. The van der Waals surface area contributed by atoms with E-state index in [1.54, 1.807) is 43.3 Å².